The summed E-state index contributed by atoms with van der Waals surface area (Å²) in [6.45, 7) is 2.91. The summed E-state index contributed by atoms with van der Waals surface area (Å²) in [5.74, 6) is -1.75. The number of nitrogens with one attached hydrogen (secondary N) is 1. The molecule has 8 heteroatoms. The van der Waals surface area contributed by atoms with E-state index in [0.717, 1.165) is 11.6 Å². The molecule has 1 heterocycles. The summed E-state index contributed by atoms with van der Waals surface area (Å²) < 4.78 is 45.9. The Kier molecular flexibility index (Phi) is 6.66. The second kappa shape index (κ2) is 9.38. The van der Waals surface area contributed by atoms with E-state index in [1.165, 1.54) is 30.5 Å². The minimum absolute atomic E-state index is 0.141. The van der Waals surface area contributed by atoms with E-state index in [0.29, 0.717) is 18.7 Å². The van der Waals surface area contributed by atoms with Gasteiger partial charge in [0.25, 0.3) is 5.91 Å². The first-order valence-electron chi connectivity index (χ1n) is 9.08. The highest BCUT2D eigenvalue weighted by Gasteiger charge is 2.17. The molecule has 0 unspecified atom stereocenters. The maximum absolute atomic E-state index is 14.1. The van der Waals surface area contributed by atoms with Crippen molar-refractivity contribution in [2.24, 2.45) is 0 Å². The number of carbonyl (C=O) groups excluding carboxylic acids is 1. The number of aromatic nitrogens is 1. The average Bonchev–Trinajstić information content (AvgIpc) is 3.14. The van der Waals surface area contributed by atoms with E-state index in [4.69, 9.17) is 4.42 Å². The largest absolute Gasteiger partial charge is 0.447 e. The van der Waals surface area contributed by atoms with Gasteiger partial charge in [-0.15, -0.1) is 0 Å². The summed E-state index contributed by atoms with van der Waals surface area (Å²) in [4.78, 5) is 17.8. The number of rotatable bonds is 8. The van der Waals surface area contributed by atoms with Crippen LogP contribution in [0.4, 0.5) is 13.2 Å². The fourth-order valence-electron chi connectivity index (χ4n) is 2.84. The molecule has 2 aromatic carbocycles. The fourth-order valence-corrected chi connectivity index (χ4v) is 2.84. The molecular weight excluding hydrogens is 383 g/mol. The Bertz CT molecular complexity index is 974. The molecule has 29 heavy (non-hydrogen) atoms. The highest BCUT2D eigenvalue weighted by Crippen LogP contribution is 2.17. The Morgan fingerprint density at radius 1 is 1.03 bits per heavy atom. The van der Waals surface area contributed by atoms with Gasteiger partial charge < -0.3 is 9.73 Å². The van der Waals surface area contributed by atoms with Gasteiger partial charge in [-0.05, 0) is 30.7 Å². The van der Waals surface area contributed by atoms with Crippen molar-refractivity contribution >= 4 is 5.91 Å². The van der Waals surface area contributed by atoms with E-state index in [1.54, 1.807) is 24.0 Å². The van der Waals surface area contributed by atoms with Crippen LogP contribution in [0.1, 0.15) is 34.4 Å². The van der Waals surface area contributed by atoms with Gasteiger partial charge in [0, 0.05) is 31.3 Å². The molecular formula is C21H20F3N3O2. The molecule has 0 bridgehead atoms. The predicted octanol–water partition coefficient (Wildman–Crippen LogP) is 4.04. The van der Waals surface area contributed by atoms with Crippen LogP contribution in [0.15, 0.2) is 53.1 Å². The second-order valence-electron chi connectivity index (χ2n) is 6.49. The summed E-state index contributed by atoms with van der Waals surface area (Å²) >= 11 is 0. The van der Waals surface area contributed by atoms with Crippen LogP contribution in [-0.2, 0) is 19.6 Å². The second-order valence-corrected chi connectivity index (χ2v) is 6.49. The third kappa shape index (κ3) is 5.68. The maximum Gasteiger partial charge on any atom is 0.273 e. The average molecular weight is 403 g/mol. The monoisotopic (exact) mass is 403 g/mol. The lowest BCUT2D eigenvalue weighted by Gasteiger charge is -2.21. The highest BCUT2D eigenvalue weighted by atomic mass is 19.1. The number of benzene rings is 2. The molecule has 0 fully saturated rings. The summed E-state index contributed by atoms with van der Waals surface area (Å²) in [5, 5.41) is 2.63. The van der Waals surface area contributed by atoms with Crippen molar-refractivity contribution in [3.63, 3.8) is 0 Å². The van der Waals surface area contributed by atoms with E-state index in [2.05, 4.69) is 10.3 Å². The highest BCUT2D eigenvalue weighted by molar-refractivity contribution is 5.91. The van der Waals surface area contributed by atoms with Crippen LogP contribution in [-0.4, -0.2) is 22.3 Å². The van der Waals surface area contributed by atoms with Crippen molar-refractivity contribution in [1.29, 1.82) is 0 Å². The lowest BCUT2D eigenvalue weighted by Crippen LogP contribution is -2.24. The third-order valence-corrected chi connectivity index (χ3v) is 4.21. The number of halogens is 3. The number of amides is 1. The van der Waals surface area contributed by atoms with Crippen LogP contribution in [0.3, 0.4) is 0 Å². The molecule has 0 radical (unpaired) electrons. The first-order chi connectivity index (χ1) is 13.9. The van der Waals surface area contributed by atoms with E-state index in [1.807, 2.05) is 0 Å². The van der Waals surface area contributed by atoms with Crippen LogP contribution in [0.25, 0.3) is 0 Å². The molecule has 0 atom stereocenters. The van der Waals surface area contributed by atoms with Gasteiger partial charge in [0.15, 0.2) is 5.69 Å². The molecule has 1 N–H and O–H groups in total. The molecule has 0 aliphatic heterocycles. The van der Waals surface area contributed by atoms with Crippen molar-refractivity contribution in [3.05, 3.63) is 88.9 Å². The molecule has 5 nitrogen and oxygen atoms in total. The first kappa shape index (κ1) is 20.6. The molecule has 1 aromatic heterocycles. The summed E-state index contributed by atoms with van der Waals surface area (Å²) in [7, 11) is 0. The van der Waals surface area contributed by atoms with Crippen molar-refractivity contribution in [2.75, 3.05) is 6.54 Å². The fraction of sp³-hybridized carbons (Fsp3) is 0.238. The summed E-state index contributed by atoms with van der Waals surface area (Å²) in [5.41, 5.74) is 1.24. The molecule has 0 spiro atoms. The molecule has 152 valence electrons. The number of hydrogen-bond acceptors (Lipinski definition) is 4. The van der Waals surface area contributed by atoms with Crippen LogP contribution in [0, 0.1) is 17.5 Å². The lowest BCUT2D eigenvalue weighted by molar-refractivity contribution is 0.0950. The molecule has 0 aliphatic rings. The topological polar surface area (TPSA) is 58.4 Å². The zero-order chi connectivity index (χ0) is 20.8. The van der Waals surface area contributed by atoms with Gasteiger partial charge in [0.1, 0.15) is 23.7 Å². The number of hydrogen-bond donors (Lipinski definition) is 1. The quantitative estimate of drug-likeness (QED) is 0.617. The third-order valence-electron chi connectivity index (χ3n) is 4.21. The number of carbonyl (C=O) groups is 1. The lowest BCUT2D eigenvalue weighted by atomic mass is 10.1. The summed E-state index contributed by atoms with van der Waals surface area (Å²) in [6.07, 6.45) is 1.26. The Morgan fingerprint density at radius 2 is 1.76 bits per heavy atom. The minimum atomic E-state index is -0.662. The number of oxazole rings is 1. The van der Waals surface area contributed by atoms with Crippen LogP contribution >= 0.6 is 0 Å². The van der Waals surface area contributed by atoms with Crippen LogP contribution < -0.4 is 5.32 Å². The first-order valence-corrected chi connectivity index (χ1v) is 9.08. The predicted molar refractivity (Wildman–Crippen MR) is 100 cm³/mol. The maximum atomic E-state index is 14.1. The Labute approximate surface area is 166 Å². The molecule has 3 aromatic rings. The normalized spacial score (nSPS) is 11.1. The smallest absolute Gasteiger partial charge is 0.273 e. The molecule has 1 amide bonds. The van der Waals surface area contributed by atoms with Gasteiger partial charge >= 0.3 is 0 Å². The molecule has 3 rings (SSSR count). The standard InChI is InChI=1S/C21H20F3N3O2/c1-2-25-21(28)19-13-29-20(26-19)12-27(10-14-3-6-16(22)7-4-14)11-15-5-8-17(23)9-18(15)24/h3-9,13H,2,10-12H2,1H3,(H,25,28). The van der Waals surface area contributed by atoms with Crippen molar-refractivity contribution in [3.8, 4) is 0 Å². The van der Waals surface area contributed by atoms with Crippen molar-refractivity contribution in [1.82, 2.24) is 15.2 Å². The van der Waals surface area contributed by atoms with E-state index < -0.39 is 11.6 Å². The summed E-state index contributed by atoms with van der Waals surface area (Å²) in [6, 6.07) is 9.31. The number of nitrogens with zero attached hydrogens (tertiary/aromatic N) is 2. The molecule has 0 saturated heterocycles. The van der Waals surface area contributed by atoms with Gasteiger partial charge in [-0.25, -0.2) is 18.2 Å². The molecule has 0 saturated carbocycles. The Balaban J connectivity index is 1.80. The van der Waals surface area contributed by atoms with Crippen molar-refractivity contribution < 1.29 is 22.4 Å². The van der Waals surface area contributed by atoms with Gasteiger partial charge in [-0.3, -0.25) is 9.69 Å². The SMILES string of the molecule is CCNC(=O)c1coc(CN(Cc2ccc(F)cc2)Cc2ccc(F)cc2F)n1. The van der Waals surface area contributed by atoms with Gasteiger partial charge in [-0.1, -0.05) is 18.2 Å². The zero-order valence-corrected chi connectivity index (χ0v) is 15.8. The Morgan fingerprint density at radius 3 is 2.45 bits per heavy atom. The van der Waals surface area contributed by atoms with E-state index in [-0.39, 0.29) is 36.4 Å². The molecule has 0 aliphatic carbocycles. The zero-order valence-electron chi connectivity index (χ0n) is 15.8. The van der Waals surface area contributed by atoms with Gasteiger partial charge in [0.2, 0.25) is 5.89 Å². The minimum Gasteiger partial charge on any atom is -0.447 e. The van der Waals surface area contributed by atoms with E-state index in [9.17, 15) is 18.0 Å². The van der Waals surface area contributed by atoms with Gasteiger partial charge in [-0.2, -0.15) is 0 Å². The van der Waals surface area contributed by atoms with Crippen LogP contribution in [0.2, 0.25) is 0 Å². The van der Waals surface area contributed by atoms with Crippen LogP contribution in [0.5, 0.6) is 0 Å². The van der Waals surface area contributed by atoms with Crippen molar-refractivity contribution in [2.45, 2.75) is 26.6 Å². The van der Waals surface area contributed by atoms with Gasteiger partial charge in [0.05, 0.1) is 6.54 Å². The van der Waals surface area contributed by atoms with E-state index >= 15 is 0 Å². The Hall–Kier alpha value is -3.13.